The Kier molecular flexibility index (Phi) is 8.43. The molecule has 184 valence electrons. The van der Waals surface area contributed by atoms with Crippen LogP contribution < -0.4 is 6.15 Å². The van der Waals surface area contributed by atoms with Crippen molar-refractivity contribution in [3.63, 3.8) is 0 Å². The third-order valence-electron chi connectivity index (χ3n) is 6.45. The van der Waals surface area contributed by atoms with Crippen LogP contribution in [-0.2, 0) is 24.9 Å². The number of hydrogen-bond donors (Lipinski definition) is 2. The van der Waals surface area contributed by atoms with Crippen molar-refractivity contribution < 1.29 is 9.90 Å². The van der Waals surface area contributed by atoms with Crippen LogP contribution in [0.25, 0.3) is 11.0 Å². The molecular weight excluding hydrogens is 506 g/mol. The number of aromatic nitrogens is 3. The second-order valence-corrected chi connectivity index (χ2v) is 9.81. The van der Waals surface area contributed by atoms with E-state index in [0.29, 0.717) is 0 Å². The van der Waals surface area contributed by atoms with E-state index in [1.165, 1.54) is 16.7 Å². The number of benzene rings is 3. The van der Waals surface area contributed by atoms with E-state index in [4.69, 9.17) is 0 Å². The van der Waals surface area contributed by atoms with Crippen LogP contribution in [0, 0.1) is 13.8 Å². The van der Waals surface area contributed by atoms with Gasteiger partial charge in [0.1, 0.15) is 5.52 Å². The predicted octanol–water partition coefficient (Wildman–Crippen LogP) is 5.75. The van der Waals surface area contributed by atoms with Gasteiger partial charge in [0.15, 0.2) is 0 Å². The average molecular weight is 538 g/mol. The first-order chi connectivity index (χ1) is 16.2. The minimum atomic E-state index is -0.822. The number of rotatable bonds is 8. The van der Waals surface area contributed by atoms with Crippen LogP contribution in [0.15, 0.2) is 59.1 Å². The highest BCUT2D eigenvalue weighted by Gasteiger charge is 2.23. The Hall–Kier alpha value is -3.07. The number of carbonyl (C=O) groups is 1. The molecule has 7 nitrogen and oxygen atoms in total. The monoisotopic (exact) mass is 537 g/mol. The molecule has 8 heteroatoms. The normalized spacial score (nSPS) is 12.1. The minimum Gasteiger partial charge on any atom is -0.481 e. The molecule has 4 aromatic rings. The lowest BCUT2D eigenvalue weighted by Crippen LogP contribution is -2.18. The van der Waals surface area contributed by atoms with Crippen LogP contribution in [0.3, 0.4) is 0 Å². The molecule has 0 fully saturated rings. The van der Waals surface area contributed by atoms with Crippen LogP contribution in [-0.4, -0.2) is 38.0 Å². The van der Waals surface area contributed by atoms with Crippen molar-refractivity contribution in [2.45, 2.75) is 39.3 Å². The molecule has 0 aliphatic rings. The fourth-order valence-electron chi connectivity index (χ4n) is 4.55. The van der Waals surface area contributed by atoms with Gasteiger partial charge in [-0.3, -0.25) is 9.69 Å². The van der Waals surface area contributed by atoms with E-state index in [0.717, 1.165) is 45.3 Å². The summed E-state index contributed by atoms with van der Waals surface area (Å²) < 4.78 is 2.84. The Bertz CT molecular complexity index is 1350. The summed E-state index contributed by atoms with van der Waals surface area (Å²) in [5.74, 6) is -1.09. The van der Waals surface area contributed by atoms with Crippen molar-refractivity contribution in [1.29, 1.82) is 0 Å². The minimum absolute atomic E-state index is 0. The average Bonchev–Trinajstić information content (AvgIpc) is 3.17. The van der Waals surface area contributed by atoms with E-state index < -0.39 is 5.97 Å². The van der Waals surface area contributed by atoms with Gasteiger partial charge in [-0.1, -0.05) is 63.6 Å². The number of aryl methyl sites for hydroxylation is 3. The summed E-state index contributed by atoms with van der Waals surface area (Å²) in [4.78, 5) is 14.1. The highest BCUT2D eigenvalue weighted by Crippen LogP contribution is 2.34. The summed E-state index contributed by atoms with van der Waals surface area (Å²) in [5, 5.41) is 18.2. The Balaban J connectivity index is 0.00000342. The van der Waals surface area contributed by atoms with Gasteiger partial charge < -0.3 is 11.3 Å². The zero-order valence-corrected chi connectivity index (χ0v) is 22.2. The van der Waals surface area contributed by atoms with E-state index in [1.807, 2.05) is 38.2 Å². The topological polar surface area (TPSA) is 106 Å². The maximum absolute atomic E-state index is 11.9. The number of aliphatic carboxylic acids is 1. The zero-order chi connectivity index (χ0) is 24.4. The molecule has 35 heavy (non-hydrogen) atoms. The smallest absolute Gasteiger partial charge is 0.304 e. The van der Waals surface area contributed by atoms with Crippen LogP contribution in [0.1, 0.15) is 45.7 Å². The van der Waals surface area contributed by atoms with Gasteiger partial charge in [-0.05, 0) is 66.4 Å². The number of fused-ring (bicyclic) bond motifs is 1. The molecule has 4 rings (SSSR count). The van der Waals surface area contributed by atoms with Crippen LogP contribution in [0.4, 0.5) is 0 Å². The molecule has 0 bridgehead atoms. The summed E-state index contributed by atoms with van der Waals surface area (Å²) in [5.41, 5.74) is 8.33. The first-order valence-electron chi connectivity index (χ1n) is 11.3. The number of nitrogens with zero attached hydrogens (tertiary/aromatic N) is 4. The first-order valence-corrected chi connectivity index (χ1v) is 12.1. The Morgan fingerprint density at radius 2 is 1.80 bits per heavy atom. The standard InChI is InChI=1S/C27H29BrN4O2.H3N/c1-17-9-10-19(13-21(17)16-31(3)15-20-7-5-6-8-24(20)28)23(14-26(33)34)22-11-12-25-27(18(22)2)29-30-32(25)4;/h5-13,23H,14-16H2,1-4H3,(H,33,34);1H3. The lowest BCUT2D eigenvalue weighted by Gasteiger charge is -2.23. The number of carboxylic acid groups (broad SMARTS) is 1. The summed E-state index contributed by atoms with van der Waals surface area (Å²) in [6, 6.07) is 18.6. The molecule has 0 aliphatic carbocycles. The summed E-state index contributed by atoms with van der Waals surface area (Å²) >= 11 is 3.64. The summed E-state index contributed by atoms with van der Waals surface area (Å²) in [6.45, 7) is 5.69. The van der Waals surface area contributed by atoms with Gasteiger partial charge in [0.05, 0.1) is 11.9 Å². The molecule has 1 unspecified atom stereocenters. The molecule has 0 spiro atoms. The van der Waals surface area contributed by atoms with Crippen LogP contribution in [0.5, 0.6) is 0 Å². The van der Waals surface area contributed by atoms with E-state index >= 15 is 0 Å². The molecule has 3 aromatic carbocycles. The maximum Gasteiger partial charge on any atom is 0.304 e. The third-order valence-corrected chi connectivity index (χ3v) is 7.22. The highest BCUT2D eigenvalue weighted by molar-refractivity contribution is 9.10. The SMILES string of the molecule is Cc1ccc(C(CC(=O)O)c2ccc3c(nnn3C)c2C)cc1CN(C)Cc1ccccc1Br.N. The van der Waals surface area contributed by atoms with E-state index in [-0.39, 0.29) is 18.5 Å². The molecule has 1 aromatic heterocycles. The second kappa shape index (κ2) is 11.1. The lowest BCUT2D eigenvalue weighted by atomic mass is 9.84. The number of carboxylic acids is 1. The molecule has 1 atom stereocenters. The maximum atomic E-state index is 11.9. The van der Waals surface area contributed by atoms with Crippen molar-refractivity contribution in [3.8, 4) is 0 Å². The van der Waals surface area contributed by atoms with Gasteiger partial charge in [-0.15, -0.1) is 5.10 Å². The summed E-state index contributed by atoms with van der Waals surface area (Å²) in [6.07, 6.45) is 0.0158. The van der Waals surface area contributed by atoms with E-state index in [1.54, 1.807) is 4.68 Å². The Morgan fingerprint density at radius 3 is 2.51 bits per heavy atom. The number of halogens is 1. The highest BCUT2D eigenvalue weighted by atomic mass is 79.9. The van der Waals surface area contributed by atoms with Gasteiger partial charge in [0, 0.05) is 30.5 Å². The second-order valence-electron chi connectivity index (χ2n) is 8.96. The van der Waals surface area contributed by atoms with E-state index in [9.17, 15) is 9.90 Å². The molecule has 0 radical (unpaired) electrons. The van der Waals surface area contributed by atoms with Crippen LogP contribution >= 0.6 is 15.9 Å². The molecule has 0 saturated heterocycles. The predicted molar refractivity (Wildman–Crippen MR) is 143 cm³/mol. The van der Waals surface area contributed by atoms with Crippen LogP contribution in [0.2, 0.25) is 0 Å². The molecular formula is C27H32BrN5O2. The van der Waals surface area contributed by atoms with Gasteiger partial charge >= 0.3 is 5.97 Å². The van der Waals surface area contributed by atoms with E-state index in [2.05, 4.69) is 75.4 Å². The van der Waals surface area contributed by atoms with Crippen molar-refractivity contribution in [2.24, 2.45) is 7.05 Å². The van der Waals surface area contributed by atoms with Gasteiger partial charge in [0.2, 0.25) is 0 Å². The molecule has 4 N–H and O–H groups in total. The Labute approximate surface area is 214 Å². The van der Waals surface area contributed by atoms with Crippen molar-refractivity contribution in [2.75, 3.05) is 7.05 Å². The zero-order valence-electron chi connectivity index (χ0n) is 20.6. The fourth-order valence-corrected chi connectivity index (χ4v) is 4.96. The van der Waals surface area contributed by atoms with Gasteiger partial charge in [-0.25, -0.2) is 4.68 Å². The lowest BCUT2D eigenvalue weighted by molar-refractivity contribution is -0.137. The van der Waals surface area contributed by atoms with Crippen molar-refractivity contribution in [1.82, 2.24) is 26.0 Å². The molecule has 1 heterocycles. The fraction of sp³-hybridized carbons (Fsp3) is 0.296. The molecule has 0 amide bonds. The third kappa shape index (κ3) is 5.78. The molecule has 0 aliphatic heterocycles. The van der Waals surface area contributed by atoms with Crippen molar-refractivity contribution >= 4 is 32.9 Å². The first kappa shape index (κ1) is 26.5. The number of hydrogen-bond acceptors (Lipinski definition) is 5. The molecule has 0 saturated carbocycles. The van der Waals surface area contributed by atoms with Gasteiger partial charge in [-0.2, -0.15) is 0 Å². The van der Waals surface area contributed by atoms with Gasteiger partial charge in [0.25, 0.3) is 0 Å². The summed E-state index contributed by atoms with van der Waals surface area (Å²) in [7, 11) is 3.96. The Morgan fingerprint density at radius 1 is 1.09 bits per heavy atom. The van der Waals surface area contributed by atoms with Crippen molar-refractivity contribution in [3.05, 3.63) is 92.5 Å². The quantitative estimate of drug-likeness (QED) is 0.296. The largest absolute Gasteiger partial charge is 0.481 e.